The lowest BCUT2D eigenvalue weighted by molar-refractivity contribution is 0.0542. The molecule has 3 aliphatic rings. The van der Waals surface area contributed by atoms with Gasteiger partial charge in [-0.15, -0.1) is 0 Å². The third kappa shape index (κ3) is 2.83. The summed E-state index contributed by atoms with van der Waals surface area (Å²) >= 11 is 0. The minimum absolute atomic E-state index is 0.0782. The number of hydrogen-bond acceptors (Lipinski definition) is 4. The molecule has 0 spiro atoms. The highest BCUT2D eigenvalue weighted by Crippen LogP contribution is 2.38. The van der Waals surface area contributed by atoms with Crippen molar-refractivity contribution in [3.8, 4) is 11.5 Å². The average Bonchev–Trinajstić information content (AvgIpc) is 3.26. The highest BCUT2D eigenvalue weighted by Gasteiger charge is 2.37. The zero-order chi connectivity index (χ0) is 15.6. The Morgan fingerprint density at radius 3 is 2.91 bits per heavy atom. The van der Waals surface area contributed by atoms with Crippen LogP contribution in [0.3, 0.4) is 0 Å². The Bertz CT molecular complexity index is 586. The van der Waals surface area contributed by atoms with Gasteiger partial charge in [0.15, 0.2) is 11.5 Å². The van der Waals surface area contributed by atoms with E-state index in [2.05, 4.69) is 5.32 Å². The van der Waals surface area contributed by atoms with Gasteiger partial charge in [-0.05, 0) is 37.8 Å². The first-order valence-electron chi connectivity index (χ1n) is 8.41. The van der Waals surface area contributed by atoms with Gasteiger partial charge in [-0.1, -0.05) is 6.07 Å². The molecule has 0 aliphatic carbocycles. The average molecular weight is 318 g/mol. The van der Waals surface area contributed by atoms with Crippen molar-refractivity contribution < 1.29 is 19.0 Å². The van der Waals surface area contributed by atoms with E-state index in [-0.39, 0.29) is 18.2 Å². The molecule has 2 amide bonds. The molecule has 2 saturated heterocycles. The number of carbonyl (C=O) groups excluding carboxylic acids is 1. The molecule has 1 aromatic carbocycles. The van der Waals surface area contributed by atoms with Crippen molar-refractivity contribution in [3.05, 3.63) is 18.2 Å². The summed E-state index contributed by atoms with van der Waals surface area (Å²) in [5.41, 5.74) is 0.671. The molecule has 0 bridgehead atoms. The van der Waals surface area contributed by atoms with Gasteiger partial charge in [-0.2, -0.15) is 0 Å². The molecule has 0 unspecified atom stereocenters. The Hall–Kier alpha value is -1.95. The molecular formula is C17H22N2O4. The Labute approximate surface area is 135 Å². The normalized spacial score (nSPS) is 26.3. The van der Waals surface area contributed by atoms with Crippen LogP contribution in [0.15, 0.2) is 18.2 Å². The number of urea groups is 1. The predicted molar refractivity (Wildman–Crippen MR) is 85.2 cm³/mol. The van der Waals surface area contributed by atoms with E-state index in [1.165, 1.54) is 0 Å². The summed E-state index contributed by atoms with van der Waals surface area (Å²) in [5, 5.41) is 2.99. The zero-order valence-corrected chi connectivity index (χ0v) is 13.1. The fourth-order valence-electron chi connectivity index (χ4n) is 3.70. The number of fused-ring (bicyclic) bond motifs is 1. The first-order chi connectivity index (χ1) is 11.3. The van der Waals surface area contributed by atoms with E-state index in [1.807, 2.05) is 23.1 Å². The number of benzene rings is 1. The number of anilines is 1. The molecule has 6 heteroatoms. The van der Waals surface area contributed by atoms with Crippen molar-refractivity contribution in [1.29, 1.82) is 0 Å². The molecule has 2 fully saturated rings. The van der Waals surface area contributed by atoms with Crippen molar-refractivity contribution >= 4 is 11.7 Å². The third-order valence-corrected chi connectivity index (χ3v) is 4.76. The summed E-state index contributed by atoms with van der Waals surface area (Å²) in [6, 6.07) is 5.68. The van der Waals surface area contributed by atoms with Gasteiger partial charge in [0.25, 0.3) is 0 Å². The maximum atomic E-state index is 12.7. The number of rotatable bonds is 2. The van der Waals surface area contributed by atoms with E-state index >= 15 is 0 Å². The number of carbonyl (C=O) groups is 1. The van der Waals surface area contributed by atoms with Crippen molar-refractivity contribution in [1.82, 2.24) is 4.90 Å². The van der Waals surface area contributed by atoms with Crippen molar-refractivity contribution in [2.24, 2.45) is 0 Å². The number of likely N-dealkylation sites (tertiary alicyclic amines) is 1. The van der Waals surface area contributed by atoms with Gasteiger partial charge in [0.05, 0.1) is 17.8 Å². The highest BCUT2D eigenvalue weighted by atomic mass is 16.6. The fraction of sp³-hybridized carbons (Fsp3) is 0.588. The Kier molecular flexibility index (Phi) is 3.99. The lowest BCUT2D eigenvalue weighted by Crippen LogP contribution is -2.44. The molecule has 3 aliphatic heterocycles. The summed E-state index contributed by atoms with van der Waals surface area (Å²) in [6.45, 7) is 2.64. The van der Waals surface area contributed by atoms with Crippen LogP contribution in [0.4, 0.5) is 10.5 Å². The number of ether oxygens (including phenoxy) is 3. The van der Waals surface area contributed by atoms with E-state index in [4.69, 9.17) is 14.2 Å². The Balaban J connectivity index is 1.49. The van der Waals surface area contributed by atoms with E-state index in [1.54, 1.807) is 0 Å². The highest BCUT2D eigenvalue weighted by molar-refractivity contribution is 5.92. The second-order valence-corrected chi connectivity index (χ2v) is 6.21. The predicted octanol–water partition coefficient (Wildman–Crippen LogP) is 2.63. The van der Waals surface area contributed by atoms with Gasteiger partial charge in [0.2, 0.25) is 0 Å². The molecule has 3 heterocycles. The summed E-state index contributed by atoms with van der Waals surface area (Å²) in [5.74, 6) is 1.31. The van der Waals surface area contributed by atoms with Gasteiger partial charge in [-0.25, -0.2) is 4.79 Å². The molecule has 124 valence electrons. The Morgan fingerprint density at radius 1 is 1.13 bits per heavy atom. The van der Waals surface area contributed by atoms with Crippen LogP contribution in [0.5, 0.6) is 11.5 Å². The van der Waals surface area contributed by atoms with Gasteiger partial charge in [0, 0.05) is 13.2 Å². The molecule has 1 aromatic rings. The SMILES string of the molecule is O=C(Nc1cccc2c1OCCO2)N1CCC[C@@H]1[C@H]1CCCO1. The molecular weight excluding hydrogens is 296 g/mol. The second-order valence-electron chi connectivity index (χ2n) is 6.21. The second kappa shape index (κ2) is 6.28. The van der Waals surface area contributed by atoms with Gasteiger partial charge < -0.3 is 24.4 Å². The van der Waals surface area contributed by atoms with Crippen LogP contribution in [-0.2, 0) is 4.74 Å². The molecule has 0 aromatic heterocycles. The van der Waals surface area contributed by atoms with Crippen molar-refractivity contribution in [2.75, 3.05) is 31.7 Å². The molecule has 1 N–H and O–H groups in total. The minimum atomic E-state index is -0.0782. The number of nitrogens with one attached hydrogen (secondary N) is 1. The van der Waals surface area contributed by atoms with Crippen LogP contribution in [0.1, 0.15) is 25.7 Å². The van der Waals surface area contributed by atoms with E-state index in [9.17, 15) is 4.79 Å². The van der Waals surface area contributed by atoms with Crippen LogP contribution in [0, 0.1) is 0 Å². The molecule has 0 saturated carbocycles. The largest absolute Gasteiger partial charge is 0.486 e. The fourth-order valence-corrected chi connectivity index (χ4v) is 3.70. The maximum absolute atomic E-state index is 12.7. The number of nitrogens with zero attached hydrogens (tertiary/aromatic N) is 1. The van der Waals surface area contributed by atoms with Crippen molar-refractivity contribution in [2.45, 2.75) is 37.8 Å². The van der Waals surface area contributed by atoms with Crippen LogP contribution in [-0.4, -0.2) is 49.4 Å². The van der Waals surface area contributed by atoms with Crippen LogP contribution in [0.2, 0.25) is 0 Å². The molecule has 6 nitrogen and oxygen atoms in total. The topological polar surface area (TPSA) is 60.0 Å². The molecule has 0 radical (unpaired) electrons. The lowest BCUT2D eigenvalue weighted by atomic mass is 10.1. The van der Waals surface area contributed by atoms with Gasteiger partial charge in [-0.3, -0.25) is 0 Å². The van der Waals surface area contributed by atoms with Gasteiger partial charge >= 0.3 is 6.03 Å². The Morgan fingerprint density at radius 2 is 2.04 bits per heavy atom. The van der Waals surface area contributed by atoms with E-state index in [0.717, 1.165) is 38.8 Å². The standard InChI is InChI=1S/C17H22N2O4/c20-17(19-8-2-5-13(19)14-7-3-9-21-14)18-12-4-1-6-15-16(12)23-11-10-22-15/h1,4,6,13-14H,2-3,5,7-11H2,(H,18,20)/t13-,14-/m1/s1. The van der Waals surface area contributed by atoms with E-state index < -0.39 is 0 Å². The van der Waals surface area contributed by atoms with Crippen LogP contribution in [0.25, 0.3) is 0 Å². The van der Waals surface area contributed by atoms with Gasteiger partial charge in [0.1, 0.15) is 13.2 Å². The first kappa shape index (κ1) is 14.6. The minimum Gasteiger partial charge on any atom is -0.486 e. The summed E-state index contributed by atoms with van der Waals surface area (Å²) in [6.07, 6.45) is 4.38. The van der Waals surface area contributed by atoms with Crippen LogP contribution >= 0.6 is 0 Å². The van der Waals surface area contributed by atoms with Crippen molar-refractivity contribution in [3.63, 3.8) is 0 Å². The zero-order valence-electron chi connectivity index (χ0n) is 13.1. The number of para-hydroxylation sites is 1. The molecule has 23 heavy (non-hydrogen) atoms. The monoisotopic (exact) mass is 318 g/mol. The maximum Gasteiger partial charge on any atom is 0.322 e. The molecule has 2 atom stereocenters. The summed E-state index contributed by atoms with van der Waals surface area (Å²) in [4.78, 5) is 14.6. The third-order valence-electron chi connectivity index (χ3n) is 4.76. The number of hydrogen-bond donors (Lipinski definition) is 1. The summed E-state index contributed by atoms with van der Waals surface area (Å²) < 4.78 is 17.0. The van der Waals surface area contributed by atoms with Crippen LogP contribution < -0.4 is 14.8 Å². The molecule has 4 rings (SSSR count). The van der Waals surface area contributed by atoms with E-state index in [0.29, 0.717) is 30.4 Å². The first-order valence-corrected chi connectivity index (χ1v) is 8.41. The quantitative estimate of drug-likeness (QED) is 0.910. The summed E-state index contributed by atoms with van der Waals surface area (Å²) in [7, 11) is 0. The smallest absolute Gasteiger partial charge is 0.322 e. The lowest BCUT2D eigenvalue weighted by Gasteiger charge is -2.29. The number of amides is 2.